The Morgan fingerprint density at radius 1 is 1.19 bits per heavy atom. The molecule has 1 aliphatic carbocycles. The summed E-state index contributed by atoms with van der Waals surface area (Å²) in [5.74, 6) is 2.02. The summed E-state index contributed by atoms with van der Waals surface area (Å²) in [6.07, 6.45) is 8.92. The molecule has 26 heavy (non-hydrogen) atoms. The molecule has 1 aliphatic heterocycles. The molecule has 3 heterocycles. The van der Waals surface area contributed by atoms with Crippen molar-refractivity contribution in [3.63, 3.8) is 0 Å². The van der Waals surface area contributed by atoms with E-state index in [-0.39, 0.29) is 5.91 Å². The number of pyridine rings is 1. The molecule has 0 unspecified atom stereocenters. The summed E-state index contributed by atoms with van der Waals surface area (Å²) >= 11 is 0. The number of nitrogens with one attached hydrogen (secondary N) is 1. The highest BCUT2D eigenvalue weighted by Gasteiger charge is 2.26. The Labute approximate surface area is 154 Å². The summed E-state index contributed by atoms with van der Waals surface area (Å²) in [7, 11) is 0. The van der Waals surface area contributed by atoms with Gasteiger partial charge in [-0.3, -0.25) is 9.78 Å². The van der Waals surface area contributed by atoms with Gasteiger partial charge in [-0.05, 0) is 50.3 Å². The highest BCUT2D eigenvalue weighted by molar-refractivity contribution is 5.76. The van der Waals surface area contributed by atoms with Gasteiger partial charge in [0.25, 0.3) is 0 Å². The Morgan fingerprint density at radius 2 is 1.96 bits per heavy atom. The van der Waals surface area contributed by atoms with Crippen LogP contribution in [0.3, 0.4) is 0 Å². The third-order valence-electron chi connectivity index (χ3n) is 5.10. The lowest BCUT2D eigenvalue weighted by Crippen LogP contribution is -2.33. The molecule has 0 saturated heterocycles. The van der Waals surface area contributed by atoms with Gasteiger partial charge in [-0.15, -0.1) is 0 Å². The number of aromatic nitrogens is 3. The summed E-state index contributed by atoms with van der Waals surface area (Å²) in [6, 6.07) is 4.51. The van der Waals surface area contributed by atoms with Gasteiger partial charge in [0.15, 0.2) is 0 Å². The average molecular weight is 351 g/mol. The fraction of sp³-hybridized carbons (Fsp3) is 0.500. The molecule has 1 saturated carbocycles. The van der Waals surface area contributed by atoms with Crippen LogP contribution in [-0.2, 0) is 24.1 Å². The number of anilines is 1. The van der Waals surface area contributed by atoms with Gasteiger partial charge >= 0.3 is 0 Å². The second kappa shape index (κ2) is 7.40. The molecular weight excluding hydrogens is 326 g/mol. The number of amides is 1. The van der Waals surface area contributed by atoms with Crippen molar-refractivity contribution in [3.8, 4) is 0 Å². The van der Waals surface area contributed by atoms with E-state index in [0.29, 0.717) is 12.5 Å². The van der Waals surface area contributed by atoms with Crippen LogP contribution in [0.4, 0.5) is 5.82 Å². The number of hydrogen-bond donors (Lipinski definition) is 1. The molecule has 136 valence electrons. The molecule has 2 aromatic heterocycles. The van der Waals surface area contributed by atoms with Crippen LogP contribution in [0.2, 0.25) is 0 Å². The number of carbonyl (C=O) groups excluding carboxylic acids is 1. The van der Waals surface area contributed by atoms with E-state index in [1.807, 2.05) is 24.0 Å². The normalized spacial score (nSPS) is 16.7. The Hall–Kier alpha value is -2.50. The molecule has 0 radical (unpaired) electrons. The van der Waals surface area contributed by atoms with Crippen LogP contribution in [0, 0.1) is 6.92 Å². The highest BCUT2D eigenvalue weighted by Crippen LogP contribution is 2.28. The molecule has 4 rings (SSSR count). The van der Waals surface area contributed by atoms with Gasteiger partial charge in [0.2, 0.25) is 5.91 Å². The van der Waals surface area contributed by atoms with E-state index in [2.05, 4.69) is 20.3 Å². The highest BCUT2D eigenvalue weighted by atomic mass is 16.2. The molecule has 6 nitrogen and oxygen atoms in total. The lowest BCUT2D eigenvalue weighted by Gasteiger charge is -2.20. The molecule has 0 aromatic carbocycles. The van der Waals surface area contributed by atoms with Crippen LogP contribution < -0.4 is 5.32 Å². The Balaban J connectivity index is 1.41. The third-order valence-corrected chi connectivity index (χ3v) is 5.10. The first kappa shape index (κ1) is 16.9. The van der Waals surface area contributed by atoms with E-state index in [4.69, 9.17) is 0 Å². The van der Waals surface area contributed by atoms with Gasteiger partial charge in [-0.2, -0.15) is 0 Å². The number of hydrogen-bond acceptors (Lipinski definition) is 5. The lowest BCUT2D eigenvalue weighted by molar-refractivity contribution is -0.131. The zero-order chi connectivity index (χ0) is 17.9. The van der Waals surface area contributed by atoms with E-state index < -0.39 is 0 Å². The van der Waals surface area contributed by atoms with Crippen molar-refractivity contribution in [2.75, 3.05) is 18.4 Å². The summed E-state index contributed by atoms with van der Waals surface area (Å²) in [6.45, 7) is 3.43. The molecule has 1 amide bonds. The van der Waals surface area contributed by atoms with E-state index in [1.54, 1.807) is 12.4 Å². The monoisotopic (exact) mass is 351 g/mol. The largest absolute Gasteiger partial charge is 0.367 e. The van der Waals surface area contributed by atoms with Gasteiger partial charge in [0.05, 0.1) is 5.69 Å². The molecule has 0 atom stereocenters. The summed E-state index contributed by atoms with van der Waals surface area (Å²) in [5, 5.41) is 3.54. The molecule has 0 spiro atoms. The van der Waals surface area contributed by atoms with Crippen molar-refractivity contribution in [1.29, 1.82) is 0 Å². The SMILES string of the molecule is Cc1nc2c(c(NC3CC3)n1)CCN(C(=O)CCc1ccncc1)CC2. The first-order valence-corrected chi connectivity index (χ1v) is 9.48. The van der Waals surface area contributed by atoms with Gasteiger partial charge in [0, 0.05) is 49.9 Å². The molecule has 1 fully saturated rings. The van der Waals surface area contributed by atoms with Gasteiger partial charge in [-0.1, -0.05) is 0 Å². The van der Waals surface area contributed by atoms with Crippen molar-refractivity contribution < 1.29 is 4.79 Å². The minimum atomic E-state index is 0.219. The zero-order valence-corrected chi connectivity index (χ0v) is 15.2. The van der Waals surface area contributed by atoms with Crippen LogP contribution in [-0.4, -0.2) is 44.9 Å². The van der Waals surface area contributed by atoms with Crippen LogP contribution in [0.15, 0.2) is 24.5 Å². The minimum absolute atomic E-state index is 0.219. The Morgan fingerprint density at radius 3 is 2.73 bits per heavy atom. The fourth-order valence-corrected chi connectivity index (χ4v) is 3.47. The lowest BCUT2D eigenvalue weighted by atomic mass is 10.1. The number of aryl methyl sites for hydroxylation is 2. The second-order valence-corrected chi connectivity index (χ2v) is 7.20. The van der Waals surface area contributed by atoms with Gasteiger partial charge in [-0.25, -0.2) is 9.97 Å². The minimum Gasteiger partial charge on any atom is -0.367 e. The molecule has 6 heteroatoms. The Kier molecular flexibility index (Phi) is 4.82. The average Bonchev–Trinajstić information content (AvgIpc) is 3.47. The smallest absolute Gasteiger partial charge is 0.222 e. The predicted molar refractivity (Wildman–Crippen MR) is 100.0 cm³/mol. The molecule has 2 aromatic rings. The first-order chi connectivity index (χ1) is 12.7. The number of rotatable bonds is 5. The van der Waals surface area contributed by atoms with Crippen molar-refractivity contribution in [2.24, 2.45) is 0 Å². The number of nitrogens with zero attached hydrogens (tertiary/aromatic N) is 4. The van der Waals surface area contributed by atoms with Crippen molar-refractivity contribution in [2.45, 2.75) is 51.5 Å². The summed E-state index contributed by atoms with van der Waals surface area (Å²) < 4.78 is 0. The summed E-state index contributed by atoms with van der Waals surface area (Å²) in [4.78, 5) is 28.0. The summed E-state index contributed by atoms with van der Waals surface area (Å²) in [5.41, 5.74) is 3.46. The molecular formula is C20H25N5O. The molecule has 0 bridgehead atoms. The topological polar surface area (TPSA) is 71.0 Å². The van der Waals surface area contributed by atoms with Crippen LogP contribution in [0.5, 0.6) is 0 Å². The first-order valence-electron chi connectivity index (χ1n) is 9.48. The Bertz CT molecular complexity index is 788. The van der Waals surface area contributed by atoms with E-state index in [9.17, 15) is 4.79 Å². The maximum absolute atomic E-state index is 12.7. The number of fused-ring (bicyclic) bond motifs is 1. The van der Waals surface area contributed by atoms with Crippen LogP contribution in [0.25, 0.3) is 0 Å². The van der Waals surface area contributed by atoms with Crippen molar-refractivity contribution >= 4 is 11.7 Å². The molecule has 2 aliphatic rings. The third kappa shape index (κ3) is 4.00. The van der Waals surface area contributed by atoms with Crippen molar-refractivity contribution in [3.05, 3.63) is 47.2 Å². The van der Waals surface area contributed by atoms with E-state index in [0.717, 1.165) is 55.3 Å². The van der Waals surface area contributed by atoms with Gasteiger partial charge < -0.3 is 10.2 Å². The quantitative estimate of drug-likeness (QED) is 0.895. The second-order valence-electron chi connectivity index (χ2n) is 7.20. The molecule has 1 N–H and O–H groups in total. The van der Waals surface area contributed by atoms with E-state index in [1.165, 1.54) is 18.4 Å². The fourth-order valence-electron chi connectivity index (χ4n) is 3.47. The standard InChI is InChI=1S/C20H25N5O/c1-14-22-18-9-13-25(19(26)5-2-15-6-10-21-11-7-15)12-8-17(18)20(23-14)24-16-3-4-16/h6-7,10-11,16H,2-5,8-9,12-13H2,1H3,(H,22,23,24). The van der Waals surface area contributed by atoms with Crippen molar-refractivity contribution in [1.82, 2.24) is 19.9 Å². The van der Waals surface area contributed by atoms with E-state index >= 15 is 0 Å². The predicted octanol–water partition coefficient (Wildman–Crippen LogP) is 2.31. The van der Waals surface area contributed by atoms with Gasteiger partial charge in [0.1, 0.15) is 11.6 Å². The maximum atomic E-state index is 12.7. The zero-order valence-electron chi connectivity index (χ0n) is 15.2. The van der Waals surface area contributed by atoms with Crippen LogP contribution in [0.1, 0.15) is 41.9 Å². The van der Waals surface area contributed by atoms with Crippen LogP contribution >= 0.6 is 0 Å². The maximum Gasteiger partial charge on any atom is 0.222 e. The number of carbonyl (C=O) groups is 1.